The quantitative estimate of drug-likeness (QED) is 0.107. The van der Waals surface area contributed by atoms with Gasteiger partial charge in [0.2, 0.25) is 0 Å². The van der Waals surface area contributed by atoms with Gasteiger partial charge < -0.3 is 0 Å². The first-order valence-corrected chi connectivity index (χ1v) is 40.0. The highest BCUT2D eigenvalue weighted by atomic mass is 15.1. The summed E-state index contributed by atoms with van der Waals surface area (Å²) in [5.74, 6) is 3.70. The van der Waals surface area contributed by atoms with Gasteiger partial charge in [0.25, 0.3) is 0 Å². The first-order chi connectivity index (χ1) is 59.5. The molecule has 0 atom stereocenters. The van der Waals surface area contributed by atoms with Crippen LogP contribution in [0, 0.1) is 34.6 Å². The van der Waals surface area contributed by atoms with E-state index in [4.69, 9.17) is 15.0 Å². The van der Waals surface area contributed by atoms with Gasteiger partial charge in [-0.25, -0.2) is 44.9 Å². The molecule has 9 heterocycles. The fraction of sp³-hybridized carbons (Fsp3) is 0.0463. The molecule has 0 N–H and O–H groups in total. The van der Waals surface area contributed by atoms with E-state index in [1.54, 1.807) is 37.2 Å². The Labute approximate surface area is 704 Å². The van der Waals surface area contributed by atoms with Crippen molar-refractivity contribution in [3.8, 4) is 147 Å². The van der Waals surface area contributed by atoms with Crippen LogP contribution < -0.4 is 0 Å². The number of hydrogen-bond donors (Lipinski definition) is 0. The van der Waals surface area contributed by atoms with Crippen LogP contribution in [0.25, 0.3) is 168 Å². The summed E-state index contributed by atoms with van der Waals surface area (Å²) in [6.45, 7) is 10.0. The predicted molar refractivity (Wildman–Crippen MR) is 493 cm³/mol. The number of nitrogens with zero attached hydrogens (tertiary/aromatic N) is 13. The van der Waals surface area contributed by atoms with E-state index in [0.29, 0.717) is 34.9 Å². The van der Waals surface area contributed by atoms with Crippen LogP contribution >= 0.6 is 0 Å². The summed E-state index contributed by atoms with van der Waals surface area (Å²) in [4.78, 5) is 57.9. The molecular formula is C108H83N13. The molecule has 0 aliphatic carbocycles. The molecule has 13 heteroatoms. The number of aromatic nitrogens is 13. The van der Waals surface area contributed by atoms with Crippen LogP contribution in [-0.2, 0) is 0 Å². The number of rotatable bonds is 13. The van der Waals surface area contributed by atoms with Crippen LogP contribution in [0.3, 0.4) is 0 Å². The molecule has 9 aromatic heterocycles. The molecule has 20 aromatic rings. The fourth-order valence-corrected chi connectivity index (χ4v) is 13.9. The summed E-state index contributed by atoms with van der Waals surface area (Å²) in [5, 5.41) is 4.95. The molecule has 0 unspecified atom stereocenters. The smallest absolute Gasteiger partial charge is 0.182 e. The number of benzene rings is 11. The summed E-state index contributed by atoms with van der Waals surface area (Å²) in [6, 6.07) is 129. The highest BCUT2D eigenvalue weighted by Gasteiger charge is 2.16. The van der Waals surface area contributed by atoms with Gasteiger partial charge in [-0.3, -0.25) is 19.9 Å². The lowest BCUT2D eigenvalue weighted by Gasteiger charge is -2.11. The lowest BCUT2D eigenvalue weighted by atomic mass is 9.98. The Morgan fingerprint density at radius 3 is 0.826 bits per heavy atom. The van der Waals surface area contributed by atoms with E-state index in [1.807, 2.05) is 98.8 Å². The van der Waals surface area contributed by atoms with Crippen molar-refractivity contribution in [3.05, 3.63) is 442 Å². The van der Waals surface area contributed by atoms with Gasteiger partial charge in [-0.2, -0.15) is 0 Å². The third-order valence-electron chi connectivity index (χ3n) is 20.1. The maximum atomic E-state index is 5.03. The standard InChI is InChI=1S/2C28H21N.C24H19N.2C14H11N5/c1-20-8-7-13-23(16-20)26-18-27(22-10-3-2-4-11-22)29-28(19-26)25-15-14-21-9-5-6-12-24(21)17-25;1-20-11-13-22(14-12-20)26-18-27(23-8-3-2-4-9-23)29-28(19-26)25-16-15-21-7-5-6-10-24(21)17-25;1-18-12-14-19(15-13-18)22-16-23(20-8-4-2-5-9-20)25-24(17-22)21-10-6-3-7-11-21;1-10-17-13(11-4-2-6-15-8-11)19-14(18-10)12-5-3-7-16-9-12;1-10-17-13(11-6-2-4-8-15-11)19-14(18-10)12-7-3-5-9-16-12/h2*2-19H,1H3;2-17H,1H3;2*2-9H,1H3. The van der Waals surface area contributed by atoms with E-state index in [-0.39, 0.29) is 0 Å². The van der Waals surface area contributed by atoms with Crippen molar-refractivity contribution in [3.63, 3.8) is 0 Å². The van der Waals surface area contributed by atoms with Crippen molar-refractivity contribution in [2.75, 3.05) is 0 Å². The van der Waals surface area contributed by atoms with Gasteiger partial charge in [0, 0.05) is 81.7 Å². The number of fused-ring (bicyclic) bond motifs is 2. The summed E-state index contributed by atoms with van der Waals surface area (Å²) in [6.07, 6.45) is 10.4. The topological polar surface area (TPSA) is 168 Å². The average molecular weight is 1560 g/mol. The second kappa shape index (κ2) is 38.2. The van der Waals surface area contributed by atoms with Gasteiger partial charge >= 0.3 is 0 Å². The predicted octanol–water partition coefficient (Wildman–Crippen LogP) is 26.1. The van der Waals surface area contributed by atoms with Crippen LogP contribution in [0.1, 0.15) is 28.3 Å². The van der Waals surface area contributed by atoms with Crippen LogP contribution in [-0.4, -0.2) is 64.8 Å². The summed E-state index contributed by atoms with van der Waals surface area (Å²) in [5.41, 5.74) is 26.9. The third-order valence-corrected chi connectivity index (χ3v) is 20.1. The minimum absolute atomic E-state index is 0.564. The second-order valence-corrected chi connectivity index (χ2v) is 29.0. The molecule has 0 spiro atoms. The molecule has 0 saturated carbocycles. The van der Waals surface area contributed by atoms with E-state index in [9.17, 15) is 0 Å². The third kappa shape index (κ3) is 20.5. The monoisotopic (exact) mass is 1560 g/mol. The average Bonchev–Trinajstić information content (AvgIpc) is 0.796. The number of pyridine rings is 7. The van der Waals surface area contributed by atoms with E-state index < -0.39 is 0 Å². The Morgan fingerprint density at radius 1 is 0.157 bits per heavy atom. The van der Waals surface area contributed by atoms with Gasteiger partial charge in [0.05, 0.1) is 34.2 Å². The van der Waals surface area contributed by atoms with Crippen molar-refractivity contribution >= 4 is 21.5 Å². The van der Waals surface area contributed by atoms with Gasteiger partial charge in [-0.15, -0.1) is 0 Å². The van der Waals surface area contributed by atoms with Crippen LogP contribution in [0.2, 0.25) is 0 Å². The van der Waals surface area contributed by atoms with E-state index >= 15 is 0 Å². The Balaban J connectivity index is 0.000000114. The number of aryl methyl sites for hydroxylation is 5. The van der Waals surface area contributed by atoms with E-state index in [0.717, 1.165) is 90.1 Å². The Bertz CT molecular complexity index is 6540. The molecule has 121 heavy (non-hydrogen) atoms. The molecule has 0 aliphatic rings. The Hall–Kier alpha value is -16.0. The minimum atomic E-state index is 0.564. The van der Waals surface area contributed by atoms with Crippen LogP contribution in [0.4, 0.5) is 0 Å². The van der Waals surface area contributed by atoms with E-state index in [2.05, 4.69) is 362 Å². The largest absolute Gasteiger partial charge is 0.264 e. The Morgan fingerprint density at radius 2 is 0.471 bits per heavy atom. The molecule has 0 amide bonds. The van der Waals surface area contributed by atoms with Crippen LogP contribution in [0.15, 0.2) is 413 Å². The molecular weight excluding hydrogens is 1480 g/mol. The molecule has 13 nitrogen and oxygen atoms in total. The van der Waals surface area contributed by atoms with Crippen molar-refractivity contribution in [1.82, 2.24) is 64.8 Å². The first-order valence-electron chi connectivity index (χ1n) is 40.0. The molecule has 20 rings (SSSR count). The lowest BCUT2D eigenvalue weighted by molar-refractivity contribution is 0.975. The molecule has 0 bridgehead atoms. The molecule has 0 fully saturated rings. The maximum Gasteiger partial charge on any atom is 0.182 e. The van der Waals surface area contributed by atoms with Crippen LogP contribution in [0.5, 0.6) is 0 Å². The Kier molecular flexibility index (Phi) is 24.9. The zero-order chi connectivity index (χ0) is 82.5. The summed E-state index contributed by atoms with van der Waals surface area (Å²) in [7, 11) is 0. The zero-order valence-electron chi connectivity index (χ0n) is 67.6. The first kappa shape index (κ1) is 78.9. The van der Waals surface area contributed by atoms with Crippen molar-refractivity contribution in [2.24, 2.45) is 0 Å². The van der Waals surface area contributed by atoms with Crippen molar-refractivity contribution in [2.45, 2.75) is 34.6 Å². The number of hydrogen-bond acceptors (Lipinski definition) is 13. The highest BCUT2D eigenvalue weighted by molar-refractivity contribution is 5.90. The van der Waals surface area contributed by atoms with Gasteiger partial charge in [-0.1, -0.05) is 296 Å². The fourth-order valence-electron chi connectivity index (χ4n) is 13.9. The van der Waals surface area contributed by atoms with E-state index in [1.165, 1.54) is 71.6 Å². The summed E-state index contributed by atoms with van der Waals surface area (Å²) < 4.78 is 0. The molecule has 11 aromatic carbocycles. The maximum absolute atomic E-state index is 5.03. The van der Waals surface area contributed by atoms with Gasteiger partial charge in [0.15, 0.2) is 23.3 Å². The molecule has 0 radical (unpaired) electrons. The second-order valence-electron chi connectivity index (χ2n) is 29.0. The molecule has 0 saturated heterocycles. The van der Waals surface area contributed by atoms with Crippen molar-refractivity contribution in [1.29, 1.82) is 0 Å². The van der Waals surface area contributed by atoms with Gasteiger partial charge in [-0.05, 0) is 187 Å². The summed E-state index contributed by atoms with van der Waals surface area (Å²) >= 11 is 0. The normalized spacial score (nSPS) is 10.7. The minimum Gasteiger partial charge on any atom is -0.264 e. The SMILES string of the molecule is Cc1ccc(-c2cc(-c3ccccc3)nc(-c3ccc4ccccc4c3)c2)cc1.Cc1ccc(-c2cc(-c3ccccc3)nc(-c3ccccc3)c2)cc1.Cc1cccc(-c2cc(-c3ccccc3)nc(-c3ccc4ccccc4c3)c2)c1.Cc1nc(-c2ccccn2)nc(-c2ccccn2)n1.Cc1nc(-c2cccnc2)nc(-c2cccnc2)n1. The zero-order valence-corrected chi connectivity index (χ0v) is 67.6. The highest BCUT2D eigenvalue weighted by Crippen LogP contribution is 2.36. The molecule has 580 valence electrons. The molecule has 0 aliphatic heterocycles. The van der Waals surface area contributed by atoms with Gasteiger partial charge in [0.1, 0.15) is 23.0 Å². The lowest BCUT2D eigenvalue weighted by Crippen LogP contribution is -2.01. The van der Waals surface area contributed by atoms with Crippen molar-refractivity contribution < 1.29 is 0 Å².